The lowest BCUT2D eigenvalue weighted by Gasteiger charge is -2.27. The number of nitrogens with one attached hydrogen (secondary N) is 1. The summed E-state index contributed by atoms with van der Waals surface area (Å²) in [5.41, 5.74) is 5.02. The molecule has 2 aliphatic rings. The van der Waals surface area contributed by atoms with E-state index in [0.29, 0.717) is 17.4 Å². The third kappa shape index (κ3) is 4.36. The molecule has 0 spiro atoms. The first kappa shape index (κ1) is 15.1. The van der Waals surface area contributed by atoms with Crippen molar-refractivity contribution in [2.24, 2.45) is 5.73 Å². The first-order valence-electron chi connectivity index (χ1n) is 7.32. The Hall–Kier alpha value is -0.260. The lowest BCUT2D eigenvalue weighted by atomic mass is 9.95. The van der Waals surface area contributed by atoms with Gasteiger partial charge in [-0.15, -0.1) is 0 Å². The van der Waals surface area contributed by atoms with Gasteiger partial charge in [-0.3, -0.25) is 4.79 Å². The van der Waals surface area contributed by atoms with Crippen LogP contribution in [0, 0.1) is 0 Å². The van der Waals surface area contributed by atoms with E-state index in [1.165, 1.54) is 12.8 Å². The van der Waals surface area contributed by atoms with Gasteiger partial charge in [0.1, 0.15) is 0 Å². The fraction of sp³-hybridized carbons (Fsp3) is 0.929. The van der Waals surface area contributed by atoms with E-state index in [-0.39, 0.29) is 5.91 Å². The second-order valence-corrected chi connectivity index (χ2v) is 7.34. The summed E-state index contributed by atoms with van der Waals surface area (Å²) < 4.78 is 5.56. The number of hydrogen-bond donors (Lipinski definition) is 2. The van der Waals surface area contributed by atoms with Gasteiger partial charge in [0.15, 0.2) is 0 Å². The van der Waals surface area contributed by atoms with Gasteiger partial charge in [-0.1, -0.05) is 0 Å². The summed E-state index contributed by atoms with van der Waals surface area (Å²) in [5, 5.41) is 4.02. The van der Waals surface area contributed by atoms with E-state index in [2.05, 4.69) is 12.2 Å². The molecule has 3 atom stereocenters. The third-order valence-electron chi connectivity index (χ3n) is 4.10. The number of thioether (sulfide) groups is 1. The molecule has 0 radical (unpaired) electrons. The summed E-state index contributed by atoms with van der Waals surface area (Å²) in [6.07, 6.45) is 5.72. The van der Waals surface area contributed by atoms with Crippen LogP contribution < -0.4 is 11.1 Å². The third-order valence-corrected chi connectivity index (χ3v) is 5.68. The highest BCUT2D eigenvalue weighted by atomic mass is 32.2. The van der Waals surface area contributed by atoms with Crippen LogP contribution >= 0.6 is 11.8 Å². The van der Waals surface area contributed by atoms with Gasteiger partial charge in [-0.2, -0.15) is 11.8 Å². The number of ether oxygens (including phenoxy) is 1. The molecule has 3 unspecified atom stereocenters. The molecule has 0 aromatic heterocycles. The van der Waals surface area contributed by atoms with Crippen LogP contribution in [0.1, 0.15) is 46.0 Å². The Morgan fingerprint density at radius 1 is 1.47 bits per heavy atom. The summed E-state index contributed by atoms with van der Waals surface area (Å²) in [7, 11) is 0. The monoisotopic (exact) mass is 286 g/mol. The maximum absolute atomic E-state index is 11.6. The average molecular weight is 286 g/mol. The lowest BCUT2D eigenvalue weighted by molar-refractivity contribution is -0.124. The number of nitrogens with two attached hydrogens (primary N) is 1. The van der Waals surface area contributed by atoms with Crippen molar-refractivity contribution in [2.45, 2.75) is 68.9 Å². The minimum absolute atomic E-state index is 0.220. The Balaban J connectivity index is 1.68. The number of hydrogen-bond acceptors (Lipinski definition) is 4. The largest absolute Gasteiger partial charge is 0.377 e. The Labute approximate surface area is 120 Å². The molecule has 5 heteroatoms. The minimum atomic E-state index is -0.528. The van der Waals surface area contributed by atoms with Crippen LogP contribution in [-0.2, 0) is 9.53 Å². The molecule has 2 fully saturated rings. The predicted octanol–water partition coefficient (Wildman–Crippen LogP) is 1.67. The van der Waals surface area contributed by atoms with E-state index < -0.39 is 5.54 Å². The molecule has 4 nitrogen and oxygen atoms in total. The van der Waals surface area contributed by atoms with Crippen LogP contribution in [0.2, 0.25) is 0 Å². The van der Waals surface area contributed by atoms with Gasteiger partial charge in [0.2, 0.25) is 5.91 Å². The highest BCUT2D eigenvalue weighted by Crippen LogP contribution is 2.29. The Bertz CT molecular complexity index is 323. The molecule has 2 rings (SSSR count). The SMILES string of the molecule is CC1OCCC1SCCCC(C)(NC1CC1)C(N)=O. The topological polar surface area (TPSA) is 64.3 Å². The zero-order valence-electron chi connectivity index (χ0n) is 12.0. The van der Waals surface area contributed by atoms with E-state index >= 15 is 0 Å². The van der Waals surface area contributed by atoms with E-state index in [1.807, 2.05) is 18.7 Å². The zero-order chi connectivity index (χ0) is 13.9. The van der Waals surface area contributed by atoms with Crippen molar-refractivity contribution < 1.29 is 9.53 Å². The molecule has 1 aliphatic carbocycles. The van der Waals surface area contributed by atoms with E-state index in [0.717, 1.165) is 31.6 Å². The number of rotatable bonds is 8. The van der Waals surface area contributed by atoms with Crippen molar-refractivity contribution >= 4 is 17.7 Å². The van der Waals surface area contributed by atoms with Crippen LogP contribution in [0.3, 0.4) is 0 Å². The number of carbonyl (C=O) groups is 1. The fourth-order valence-corrected chi connectivity index (χ4v) is 3.76. The standard InChI is InChI=1S/C14H26N2O2S/c1-10-12(6-8-18-10)19-9-3-7-14(2,13(15)17)16-11-4-5-11/h10-12,16H,3-9H2,1-2H3,(H2,15,17). The van der Waals surface area contributed by atoms with Gasteiger partial charge in [-0.25, -0.2) is 0 Å². The highest BCUT2D eigenvalue weighted by molar-refractivity contribution is 7.99. The molecule has 19 heavy (non-hydrogen) atoms. The summed E-state index contributed by atoms with van der Waals surface area (Å²) in [6.45, 7) is 4.98. The maximum Gasteiger partial charge on any atom is 0.237 e. The molecule has 1 heterocycles. The molecule has 1 amide bonds. The van der Waals surface area contributed by atoms with E-state index in [9.17, 15) is 4.79 Å². The predicted molar refractivity (Wildman–Crippen MR) is 79.3 cm³/mol. The quantitative estimate of drug-likeness (QED) is 0.666. The van der Waals surface area contributed by atoms with Crippen molar-refractivity contribution in [2.75, 3.05) is 12.4 Å². The smallest absolute Gasteiger partial charge is 0.237 e. The molecule has 0 bridgehead atoms. The highest BCUT2D eigenvalue weighted by Gasteiger charge is 2.36. The van der Waals surface area contributed by atoms with Crippen molar-refractivity contribution in [3.63, 3.8) is 0 Å². The molecular formula is C14H26N2O2S. The van der Waals surface area contributed by atoms with Crippen LogP contribution in [-0.4, -0.2) is 41.2 Å². The van der Waals surface area contributed by atoms with Gasteiger partial charge < -0.3 is 15.8 Å². The molecule has 0 aromatic rings. The van der Waals surface area contributed by atoms with Gasteiger partial charge in [0.25, 0.3) is 0 Å². The van der Waals surface area contributed by atoms with Crippen molar-refractivity contribution in [3.05, 3.63) is 0 Å². The molecule has 3 N–H and O–H groups in total. The van der Waals surface area contributed by atoms with Gasteiger partial charge in [-0.05, 0) is 51.7 Å². The number of primary amides is 1. The zero-order valence-corrected chi connectivity index (χ0v) is 12.8. The fourth-order valence-electron chi connectivity index (χ4n) is 2.54. The van der Waals surface area contributed by atoms with Gasteiger partial charge in [0.05, 0.1) is 11.6 Å². The summed E-state index contributed by atoms with van der Waals surface area (Å²) in [4.78, 5) is 11.6. The Kier molecular flexibility index (Phi) is 5.15. The van der Waals surface area contributed by atoms with Crippen molar-refractivity contribution in [3.8, 4) is 0 Å². The summed E-state index contributed by atoms with van der Waals surface area (Å²) in [5.74, 6) is 0.857. The molecule has 110 valence electrons. The van der Waals surface area contributed by atoms with E-state index in [4.69, 9.17) is 10.5 Å². The van der Waals surface area contributed by atoms with Crippen LogP contribution in [0.5, 0.6) is 0 Å². The molecule has 1 saturated carbocycles. The van der Waals surface area contributed by atoms with Gasteiger partial charge >= 0.3 is 0 Å². The van der Waals surface area contributed by atoms with Crippen molar-refractivity contribution in [1.82, 2.24) is 5.32 Å². The second-order valence-electron chi connectivity index (χ2n) is 5.99. The number of amides is 1. The van der Waals surface area contributed by atoms with Crippen molar-refractivity contribution in [1.29, 1.82) is 0 Å². The Morgan fingerprint density at radius 2 is 2.21 bits per heavy atom. The molecule has 1 saturated heterocycles. The maximum atomic E-state index is 11.6. The minimum Gasteiger partial charge on any atom is -0.377 e. The van der Waals surface area contributed by atoms with Gasteiger partial charge in [0, 0.05) is 17.9 Å². The number of carbonyl (C=O) groups excluding carboxylic acids is 1. The first-order chi connectivity index (χ1) is 9.01. The van der Waals surface area contributed by atoms with Crippen LogP contribution in [0.4, 0.5) is 0 Å². The Morgan fingerprint density at radius 3 is 2.74 bits per heavy atom. The van der Waals surface area contributed by atoms with Crippen LogP contribution in [0.25, 0.3) is 0 Å². The molecule has 0 aromatic carbocycles. The molecular weight excluding hydrogens is 260 g/mol. The summed E-state index contributed by atoms with van der Waals surface area (Å²) >= 11 is 1.97. The van der Waals surface area contributed by atoms with Crippen LogP contribution in [0.15, 0.2) is 0 Å². The van der Waals surface area contributed by atoms with E-state index in [1.54, 1.807) is 0 Å². The lowest BCUT2D eigenvalue weighted by Crippen LogP contribution is -2.54. The second kappa shape index (κ2) is 6.46. The molecule has 1 aliphatic heterocycles. The first-order valence-corrected chi connectivity index (χ1v) is 8.37. The summed E-state index contributed by atoms with van der Waals surface area (Å²) in [6, 6.07) is 0.508. The normalized spacial score (nSPS) is 30.2. The average Bonchev–Trinajstić information content (AvgIpc) is 3.06.